The Labute approximate surface area is 89.1 Å². The number of carbonyl (C=O) groups excluding carboxylic acids is 1. The fraction of sp³-hybridized carbons (Fsp3) is 0.600. The molecule has 1 saturated heterocycles. The highest BCUT2D eigenvalue weighted by Gasteiger charge is 2.26. The van der Waals surface area contributed by atoms with Crippen molar-refractivity contribution in [2.75, 3.05) is 20.1 Å². The van der Waals surface area contributed by atoms with E-state index in [4.69, 9.17) is 0 Å². The van der Waals surface area contributed by atoms with Gasteiger partial charge in [0.2, 0.25) is 0 Å². The van der Waals surface area contributed by atoms with E-state index in [9.17, 15) is 4.79 Å². The van der Waals surface area contributed by atoms with Gasteiger partial charge < -0.3 is 10.2 Å². The summed E-state index contributed by atoms with van der Waals surface area (Å²) in [7, 11) is 3.75. The van der Waals surface area contributed by atoms with Crippen LogP contribution in [-0.2, 0) is 7.05 Å². The standard InChI is InChI=1S/C10H16N4O/c1-11-9-3-4-14(7-9)10(15)8-5-12-13(2)6-8/h5-6,9,11H,3-4,7H2,1-2H3. The van der Waals surface area contributed by atoms with Crippen LogP contribution >= 0.6 is 0 Å². The Hall–Kier alpha value is -1.36. The molecular weight excluding hydrogens is 192 g/mol. The van der Waals surface area contributed by atoms with Crippen LogP contribution in [-0.4, -0.2) is 46.8 Å². The van der Waals surface area contributed by atoms with E-state index in [-0.39, 0.29) is 5.91 Å². The minimum atomic E-state index is 0.0841. The van der Waals surface area contributed by atoms with E-state index in [1.54, 1.807) is 17.1 Å². The average molecular weight is 208 g/mol. The lowest BCUT2D eigenvalue weighted by Gasteiger charge is -2.14. The molecule has 2 heterocycles. The Balaban J connectivity index is 2.03. The van der Waals surface area contributed by atoms with Crippen LogP contribution in [0.5, 0.6) is 0 Å². The maximum absolute atomic E-state index is 12.0. The van der Waals surface area contributed by atoms with E-state index in [0.29, 0.717) is 11.6 Å². The van der Waals surface area contributed by atoms with Crippen molar-refractivity contribution in [2.45, 2.75) is 12.5 Å². The van der Waals surface area contributed by atoms with E-state index in [0.717, 1.165) is 19.5 Å². The molecule has 1 aromatic rings. The molecule has 5 heteroatoms. The molecule has 1 atom stereocenters. The summed E-state index contributed by atoms with van der Waals surface area (Å²) in [6.45, 7) is 1.63. The number of nitrogens with zero attached hydrogens (tertiary/aromatic N) is 3. The van der Waals surface area contributed by atoms with Crippen LogP contribution in [0.25, 0.3) is 0 Å². The number of likely N-dealkylation sites (tertiary alicyclic amines) is 1. The molecule has 1 fully saturated rings. The lowest BCUT2D eigenvalue weighted by Crippen LogP contribution is -2.33. The Morgan fingerprint density at radius 2 is 2.47 bits per heavy atom. The predicted octanol–water partition coefficient (Wildman–Crippen LogP) is -0.146. The van der Waals surface area contributed by atoms with Gasteiger partial charge in [-0.3, -0.25) is 9.48 Å². The number of hydrogen-bond donors (Lipinski definition) is 1. The van der Waals surface area contributed by atoms with Gasteiger partial charge in [0, 0.05) is 32.4 Å². The molecule has 0 spiro atoms. The minimum Gasteiger partial charge on any atom is -0.337 e. The number of carbonyl (C=O) groups is 1. The predicted molar refractivity (Wildman–Crippen MR) is 56.6 cm³/mol. The van der Waals surface area contributed by atoms with E-state index >= 15 is 0 Å². The monoisotopic (exact) mass is 208 g/mol. The van der Waals surface area contributed by atoms with Crippen molar-refractivity contribution >= 4 is 5.91 Å². The van der Waals surface area contributed by atoms with Gasteiger partial charge in [0.25, 0.3) is 5.91 Å². The number of aryl methyl sites for hydroxylation is 1. The SMILES string of the molecule is CNC1CCN(C(=O)c2cnn(C)c2)C1. The van der Waals surface area contributed by atoms with Gasteiger partial charge in [-0.1, -0.05) is 0 Å². The molecule has 2 rings (SSSR count). The van der Waals surface area contributed by atoms with Gasteiger partial charge in [0.05, 0.1) is 11.8 Å². The lowest BCUT2D eigenvalue weighted by molar-refractivity contribution is 0.0789. The van der Waals surface area contributed by atoms with E-state index in [1.807, 2.05) is 19.0 Å². The molecular formula is C10H16N4O. The third-order valence-corrected chi connectivity index (χ3v) is 2.84. The van der Waals surface area contributed by atoms with Crippen LogP contribution in [0.4, 0.5) is 0 Å². The zero-order chi connectivity index (χ0) is 10.8. The van der Waals surface area contributed by atoms with E-state index in [2.05, 4.69) is 10.4 Å². The highest BCUT2D eigenvalue weighted by Crippen LogP contribution is 2.12. The molecule has 1 unspecified atom stereocenters. The Kier molecular flexibility index (Phi) is 2.73. The first-order valence-electron chi connectivity index (χ1n) is 5.16. The van der Waals surface area contributed by atoms with Gasteiger partial charge in [0.15, 0.2) is 0 Å². The molecule has 1 aliphatic heterocycles. The molecule has 1 N–H and O–H groups in total. The number of amides is 1. The molecule has 1 amide bonds. The number of nitrogens with one attached hydrogen (secondary N) is 1. The maximum atomic E-state index is 12.0. The van der Waals surface area contributed by atoms with Crippen LogP contribution < -0.4 is 5.32 Å². The first-order chi connectivity index (χ1) is 7.20. The zero-order valence-electron chi connectivity index (χ0n) is 9.10. The molecule has 0 saturated carbocycles. The van der Waals surface area contributed by atoms with Crippen LogP contribution in [0, 0.1) is 0 Å². The second kappa shape index (κ2) is 4.02. The van der Waals surface area contributed by atoms with Gasteiger partial charge >= 0.3 is 0 Å². The van der Waals surface area contributed by atoms with Crippen molar-refractivity contribution in [3.05, 3.63) is 18.0 Å². The first-order valence-corrected chi connectivity index (χ1v) is 5.16. The van der Waals surface area contributed by atoms with Crippen molar-refractivity contribution in [3.8, 4) is 0 Å². The summed E-state index contributed by atoms with van der Waals surface area (Å²) in [6.07, 6.45) is 4.41. The number of hydrogen-bond acceptors (Lipinski definition) is 3. The van der Waals surface area contributed by atoms with Gasteiger partial charge in [0.1, 0.15) is 0 Å². The van der Waals surface area contributed by atoms with Crippen molar-refractivity contribution in [3.63, 3.8) is 0 Å². The number of rotatable bonds is 2. The summed E-state index contributed by atoms with van der Waals surface area (Å²) >= 11 is 0. The molecule has 0 bridgehead atoms. The quantitative estimate of drug-likeness (QED) is 0.735. The Morgan fingerprint density at radius 1 is 1.67 bits per heavy atom. The summed E-state index contributed by atoms with van der Waals surface area (Å²) in [4.78, 5) is 13.8. The minimum absolute atomic E-state index is 0.0841. The molecule has 1 aromatic heterocycles. The van der Waals surface area contributed by atoms with Crippen molar-refractivity contribution in [1.29, 1.82) is 0 Å². The van der Waals surface area contributed by atoms with Crippen LogP contribution in [0.2, 0.25) is 0 Å². The topological polar surface area (TPSA) is 50.2 Å². The van der Waals surface area contributed by atoms with Gasteiger partial charge in [-0.05, 0) is 13.5 Å². The van der Waals surface area contributed by atoms with Gasteiger partial charge in [-0.2, -0.15) is 5.10 Å². The number of aromatic nitrogens is 2. The van der Waals surface area contributed by atoms with Gasteiger partial charge in [-0.15, -0.1) is 0 Å². The third kappa shape index (κ3) is 2.02. The molecule has 15 heavy (non-hydrogen) atoms. The smallest absolute Gasteiger partial charge is 0.257 e. The van der Waals surface area contributed by atoms with E-state index < -0.39 is 0 Å². The summed E-state index contributed by atoms with van der Waals surface area (Å²) < 4.78 is 1.65. The van der Waals surface area contributed by atoms with Crippen LogP contribution in [0.1, 0.15) is 16.8 Å². The van der Waals surface area contributed by atoms with Crippen molar-refractivity contribution in [2.24, 2.45) is 7.05 Å². The number of likely N-dealkylation sites (N-methyl/N-ethyl adjacent to an activating group) is 1. The molecule has 5 nitrogen and oxygen atoms in total. The van der Waals surface area contributed by atoms with Gasteiger partial charge in [-0.25, -0.2) is 0 Å². The molecule has 82 valence electrons. The highest BCUT2D eigenvalue weighted by atomic mass is 16.2. The zero-order valence-corrected chi connectivity index (χ0v) is 9.10. The van der Waals surface area contributed by atoms with Crippen LogP contribution in [0.15, 0.2) is 12.4 Å². The second-order valence-corrected chi connectivity index (χ2v) is 3.93. The van der Waals surface area contributed by atoms with E-state index in [1.165, 1.54) is 0 Å². The molecule has 0 radical (unpaired) electrons. The average Bonchev–Trinajstić information content (AvgIpc) is 2.84. The summed E-state index contributed by atoms with van der Waals surface area (Å²) in [5, 5.41) is 7.19. The fourth-order valence-corrected chi connectivity index (χ4v) is 1.89. The fourth-order valence-electron chi connectivity index (χ4n) is 1.89. The summed E-state index contributed by atoms with van der Waals surface area (Å²) in [5.74, 6) is 0.0841. The molecule has 0 aromatic carbocycles. The maximum Gasteiger partial charge on any atom is 0.257 e. The Morgan fingerprint density at radius 3 is 3.00 bits per heavy atom. The summed E-state index contributed by atoms with van der Waals surface area (Å²) in [5.41, 5.74) is 0.675. The normalized spacial score (nSPS) is 20.9. The highest BCUT2D eigenvalue weighted by molar-refractivity contribution is 5.93. The lowest BCUT2D eigenvalue weighted by atomic mass is 10.3. The summed E-state index contributed by atoms with van der Waals surface area (Å²) in [6, 6.07) is 0.436. The third-order valence-electron chi connectivity index (χ3n) is 2.84. The van der Waals surface area contributed by atoms with Crippen molar-refractivity contribution < 1.29 is 4.79 Å². The first kappa shape index (κ1) is 10.2. The molecule has 1 aliphatic rings. The second-order valence-electron chi connectivity index (χ2n) is 3.93. The molecule has 0 aliphatic carbocycles. The Bertz CT molecular complexity index is 360. The largest absolute Gasteiger partial charge is 0.337 e. The van der Waals surface area contributed by atoms with Crippen LogP contribution in [0.3, 0.4) is 0 Å². The van der Waals surface area contributed by atoms with Crippen molar-refractivity contribution in [1.82, 2.24) is 20.0 Å².